The zero-order valence-electron chi connectivity index (χ0n) is 9.99. The average molecular weight is 276 g/mol. The Morgan fingerprint density at radius 1 is 1.16 bits per heavy atom. The highest BCUT2D eigenvalue weighted by molar-refractivity contribution is 6.05. The van der Waals surface area contributed by atoms with Crippen LogP contribution in [0.4, 0.5) is 13.2 Å². The van der Waals surface area contributed by atoms with Crippen molar-refractivity contribution in [2.45, 2.75) is 19.7 Å². The maximum atomic E-state index is 11.9. The number of rotatable bonds is 5. The van der Waals surface area contributed by atoms with Crippen LogP contribution in [-0.2, 0) is 9.53 Å². The number of hydrogen-bond acceptors (Lipinski definition) is 4. The molecule has 0 amide bonds. The Morgan fingerprint density at radius 2 is 1.74 bits per heavy atom. The van der Waals surface area contributed by atoms with Gasteiger partial charge in [0.05, 0.1) is 6.61 Å². The van der Waals surface area contributed by atoms with Crippen LogP contribution in [0.5, 0.6) is 5.75 Å². The summed E-state index contributed by atoms with van der Waals surface area (Å²) in [5, 5.41) is 0. The molecule has 0 spiro atoms. The first-order chi connectivity index (χ1) is 8.81. The number of ether oxygens (including phenoxy) is 2. The van der Waals surface area contributed by atoms with Gasteiger partial charge in [-0.25, -0.2) is 0 Å². The zero-order valence-corrected chi connectivity index (χ0v) is 9.99. The SMILES string of the molecule is CCOC(=O)CC(=O)c1ccc(OC(F)(F)F)cc1. The third kappa shape index (κ3) is 5.41. The molecule has 0 saturated carbocycles. The largest absolute Gasteiger partial charge is 0.573 e. The van der Waals surface area contributed by atoms with Gasteiger partial charge in [-0.15, -0.1) is 13.2 Å². The quantitative estimate of drug-likeness (QED) is 0.471. The predicted octanol–water partition coefficient (Wildman–Crippen LogP) is 2.72. The minimum atomic E-state index is -4.78. The van der Waals surface area contributed by atoms with Crippen LogP contribution in [0.25, 0.3) is 0 Å². The number of carbonyl (C=O) groups is 2. The number of benzene rings is 1. The summed E-state index contributed by atoms with van der Waals surface area (Å²) in [5.41, 5.74) is 0.113. The predicted molar refractivity (Wildman–Crippen MR) is 58.7 cm³/mol. The van der Waals surface area contributed by atoms with Gasteiger partial charge < -0.3 is 9.47 Å². The Labute approximate surface area is 107 Å². The lowest BCUT2D eigenvalue weighted by Crippen LogP contribution is -2.17. The molecule has 0 aromatic heterocycles. The molecule has 0 aliphatic heterocycles. The first-order valence-electron chi connectivity index (χ1n) is 5.36. The molecule has 1 aromatic rings. The lowest BCUT2D eigenvalue weighted by Gasteiger charge is -2.08. The van der Waals surface area contributed by atoms with Crippen molar-refractivity contribution in [3.63, 3.8) is 0 Å². The van der Waals surface area contributed by atoms with Gasteiger partial charge in [0.1, 0.15) is 12.2 Å². The van der Waals surface area contributed by atoms with Crippen LogP contribution in [0.3, 0.4) is 0 Å². The Hall–Kier alpha value is -2.05. The second-order valence-electron chi connectivity index (χ2n) is 3.48. The monoisotopic (exact) mass is 276 g/mol. The summed E-state index contributed by atoms with van der Waals surface area (Å²) in [5.74, 6) is -1.64. The van der Waals surface area contributed by atoms with Crippen LogP contribution in [-0.4, -0.2) is 24.7 Å². The molecule has 1 aromatic carbocycles. The van der Waals surface area contributed by atoms with Crippen molar-refractivity contribution in [3.8, 4) is 5.75 Å². The topological polar surface area (TPSA) is 52.6 Å². The summed E-state index contributed by atoms with van der Waals surface area (Å²) in [7, 11) is 0. The van der Waals surface area contributed by atoms with Gasteiger partial charge in [0, 0.05) is 5.56 Å². The highest BCUT2D eigenvalue weighted by atomic mass is 19.4. The zero-order chi connectivity index (χ0) is 14.5. The standard InChI is InChI=1S/C12H11F3O4/c1-2-18-11(17)7-10(16)8-3-5-9(6-4-8)19-12(13,14)15/h3-6H,2,7H2,1H3. The fourth-order valence-electron chi connectivity index (χ4n) is 1.29. The van der Waals surface area contributed by atoms with Gasteiger partial charge in [-0.2, -0.15) is 0 Å². The van der Waals surface area contributed by atoms with E-state index in [0.717, 1.165) is 24.3 Å². The average Bonchev–Trinajstić information content (AvgIpc) is 2.27. The van der Waals surface area contributed by atoms with Crippen molar-refractivity contribution >= 4 is 11.8 Å². The second-order valence-corrected chi connectivity index (χ2v) is 3.48. The van der Waals surface area contributed by atoms with Crippen molar-refractivity contribution in [2.24, 2.45) is 0 Å². The summed E-state index contributed by atoms with van der Waals surface area (Å²) in [6.07, 6.45) is -5.23. The lowest BCUT2D eigenvalue weighted by atomic mass is 10.1. The maximum Gasteiger partial charge on any atom is 0.573 e. The molecule has 0 radical (unpaired) electrons. The van der Waals surface area contributed by atoms with Crippen molar-refractivity contribution < 1.29 is 32.2 Å². The maximum absolute atomic E-state index is 11.9. The van der Waals surface area contributed by atoms with Gasteiger partial charge in [0.15, 0.2) is 5.78 Å². The van der Waals surface area contributed by atoms with Crippen LogP contribution in [0.1, 0.15) is 23.7 Å². The molecule has 0 unspecified atom stereocenters. The van der Waals surface area contributed by atoms with E-state index >= 15 is 0 Å². The molecule has 104 valence electrons. The Balaban J connectivity index is 2.66. The van der Waals surface area contributed by atoms with E-state index in [1.165, 1.54) is 0 Å². The van der Waals surface area contributed by atoms with E-state index in [4.69, 9.17) is 0 Å². The van der Waals surface area contributed by atoms with E-state index in [9.17, 15) is 22.8 Å². The lowest BCUT2D eigenvalue weighted by molar-refractivity contribution is -0.274. The summed E-state index contributed by atoms with van der Waals surface area (Å²) < 4.78 is 44.0. The van der Waals surface area contributed by atoms with Crippen LogP contribution < -0.4 is 4.74 Å². The molecule has 1 rings (SSSR count). The van der Waals surface area contributed by atoms with Crippen LogP contribution >= 0.6 is 0 Å². The molecule has 0 aliphatic rings. The smallest absolute Gasteiger partial charge is 0.466 e. The van der Waals surface area contributed by atoms with Gasteiger partial charge in [0.2, 0.25) is 0 Å². The second kappa shape index (κ2) is 6.21. The Kier molecular flexibility index (Phi) is 4.91. The molecule has 0 atom stereocenters. The molecule has 19 heavy (non-hydrogen) atoms. The van der Waals surface area contributed by atoms with Gasteiger partial charge in [0.25, 0.3) is 0 Å². The normalized spacial score (nSPS) is 10.9. The van der Waals surface area contributed by atoms with Gasteiger partial charge in [-0.1, -0.05) is 0 Å². The van der Waals surface area contributed by atoms with Crippen LogP contribution in [0.2, 0.25) is 0 Å². The number of hydrogen-bond donors (Lipinski definition) is 0. The number of halogens is 3. The van der Waals surface area contributed by atoms with Gasteiger partial charge in [-0.05, 0) is 31.2 Å². The molecule has 0 saturated heterocycles. The van der Waals surface area contributed by atoms with E-state index in [1.807, 2.05) is 0 Å². The molecule has 0 bridgehead atoms. The number of ketones is 1. The van der Waals surface area contributed by atoms with E-state index in [1.54, 1.807) is 6.92 Å². The first kappa shape index (κ1) is 15.0. The number of Topliss-reactive ketones (excluding diaryl/α,β-unsaturated/α-hetero) is 1. The first-order valence-corrected chi connectivity index (χ1v) is 5.36. The molecule has 0 N–H and O–H groups in total. The minimum Gasteiger partial charge on any atom is -0.466 e. The van der Waals surface area contributed by atoms with Gasteiger partial charge >= 0.3 is 12.3 Å². The molecular formula is C12H11F3O4. The molecular weight excluding hydrogens is 265 g/mol. The summed E-state index contributed by atoms with van der Waals surface area (Å²) in [6.45, 7) is 1.76. The third-order valence-electron chi connectivity index (χ3n) is 2.02. The van der Waals surface area contributed by atoms with E-state index in [0.29, 0.717) is 0 Å². The Morgan fingerprint density at radius 3 is 2.21 bits per heavy atom. The summed E-state index contributed by atoms with van der Waals surface area (Å²) >= 11 is 0. The number of alkyl halides is 3. The molecule has 0 heterocycles. The summed E-state index contributed by atoms with van der Waals surface area (Å²) in [6, 6.07) is 4.32. The molecule has 4 nitrogen and oxygen atoms in total. The van der Waals surface area contributed by atoms with Crippen LogP contribution in [0, 0.1) is 0 Å². The number of esters is 1. The van der Waals surface area contributed by atoms with E-state index < -0.39 is 30.3 Å². The van der Waals surface area contributed by atoms with Crippen molar-refractivity contribution in [1.82, 2.24) is 0 Å². The molecule has 0 aliphatic carbocycles. The Bertz CT molecular complexity index is 451. The third-order valence-corrected chi connectivity index (χ3v) is 2.02. The fourth-order valence-corrected chi connectivity index (χ4v) is 1.29. The van der Waals surface area contributed by atoms with Crippen molar-refractivity contribution in [1.29, 1.82) is 0 Å². The van der Waals surface area contributed by atoms with Crippen molar-refractivity contribution in [3.05, 3.63) is 29.8 Å². The molecule has 0 fully saturated rings. The minimum absolute atomic E-state index is 0.113. The van der Waals surface area contributed by atoms with Crippen molar-refractivity contribution in [2.75, 3.05) is 6.61 Å². The highest BCUT2D eigenvalue weighted by Gasteiger charge is 2.31. The van der Waals surface area contributed by atoms with E-state index in [-0.39, 0.29) is 12.2 Å². The molecule has 7 heteroatoms. The highest BCUT2D eigenvalue weighted by Crippen LogP contribution is 2.23. The van der Waals surface area contributed by atoms with Crippen LogP contribution in [0.15, 0.2) is 24.3 Å². The fraction of sp³-hybridized carbons (Fsp3) is 0.333. The van der Waals surface area contributed by atoms with Gasteiger partial charge in [-0.3, -0.25) is 9.59 Å². The number of carbonyl (C=O) groups excluding carboxylic acids is 2. The summed E-state index contributed by atoms with van der Waals surface area (Å²) in [4.78, 5) is 22.6. The van der Waals surface area contributed by atoms with E-state index in [2.05, 4.69) is 9.47 Å².